The monoisotopic (exact) mass is 561 g/mol. The second-order valence-electron chi connectivity index (χ2n) is 12.8. The third-order valence-corrected chi connectivity index (χ3v) is 11.1. The van der Waals surface area contributed by atoms with E-state index in [4.69, 9.17) is 15.0 Å². The molecule has 0 N–H and O–H groups in total. The lowest BCUT2D eigenvalue weighted by Gasteiger charge is -2.36. The van der Waals surface area contributed by atoms with Gasteiger partial charge in [0, 0.05) is 42.1 Å². The van der Waals surface area contributed by atoms with Crippen molar-refractivity contribution in [2.45, 2.75) is 44.4 Å². The fourth-order valence-corrected chi connectivity index (χ4v) is 9.36. The van der Waals surface area contributed by atoms with E-state index in [2.05, 4.69) is 104 Å². The maximum atomic E-state index is 5.29. The molecule has 2 aromatic heterocycles. The Morgan fingerprint density at radius 1 is 0.619 bits per heavy atom. The molecule has 2 aliphatic rings. The van der Waals surface area contributed by atoms with E-state index in [0.717, 1.165) is 40.4 Å². The molecule has 2 saturated carbocycles. The minimum Gasteiger partial charge on any atom is -0.212 e. The van der Waals surface area contributed by atoms with Gasteiger partial charge in [0.25, 0.3) is 0 Å². The molecular weight excluding hydrogens is 531 g/mol. The van der Waals surface area contributed by atoms with Crippen LogP contribution in [0, 0.1) is 11.8 Å². The van der Waals surface area contributed by atoms with Crippen molar-refractivity contribution in [2.24, 2.45) is 11.8 Å². The van der Waals surface area contributed by atoms with Gasteiger partial charge in [-0.15, -0.1) is 11.3 Å². The SMILES string of the molecule is CC1(c2nc(-c3ccccc3)nc(-c3ccc4sc5c6ccccc6c6ccccc6c5c4c3)n2)CC2CC[C@@H](C2)C1. The zero-order chi connectivity index (χ0) is 27.8. The third-order valence-electron chi connectivity index (χ3n) is 9.94. The predicted molar refractivity (Wildman–Crippen MR) is 176 cm³/mol. The summed E-state index contributed by atoms with van der Waals surface area (Å²) in [5.41, 5.74) is 2.09. The Hall–Kier alpha value is -4.15. The van der Waals surface area contributed by atoms with Gasteiger partial charge in [0.1, 0.15) is 5.82 Å². The molecule has 204 valence electrons. The maximum absolute atomic E-state index is 5.29. The molecule has 0 saturated heterocycles. The quantitative estimate of drug-likeness (QED) is 0.201. The Kier molecular flexibility index (Phi) is 5.34. The summed E-state index contributed by atoms with van der Waals surface area (Å²) < 4.78 is 2.64. The van der Waals surface area contributed by atoms with E-state index in [1.807, 2.05) is 11.3 Å². The van der Waals surface area contributed by atoms with Crippen LogP contribution in [0.4, 0.5) is 0 Å². The van der Waals surface area contributed by atoms with Crippen molar-refractivity contribution in [1.29, 1.82) is 0 Å². The lowest BCUT2D eigenvalue weighted by molar-refractivity contribution is 0.221. The van der Waals surface area contributed by atoms with Crippen LogP contribution in [0.3, 0.4) is 0 Å². The summed E-state index contributed by atoms with van der Waals surface area (Å²) in [6, 6.07) is 34.9. The molecule has 0 spiro atoms. The van der Waals surface area contributed by atoms with Gasteiger partial charge in [-0.2, -0.15) is 0 Å². The van der Waals surface area contributed by atoms with Crippen LogP contribution in [-0.2, 0) is 5.41 Å². The molecule has 2 heterocycles. The normalized spacial score (nSPS) is 22.0. The van der Waals surface area contributed by atoms with E-state index >= 15 is 0 Å². The Bertz CT molecular complexity index is 2150. The number of rotatable bonds is 3. The van der Waals surface area contributed by atoms with Crippen LogP contribution in [-0.4, -0.2) is 15.0 Å². The first kappa shape index (κ1) is 24.4. The molecule has 7 aromatic rings. The van der Waals surface area contributed by atoms with E-state index in [1.54, 1.807) is 0 Å². The van der Waals surface area contributed by atoms with Gasteiger partial charge in [-0.05, 0) is 65.5 Å². The molecule has 3 atom stereocenters. The smallest absolute Gasteiger partial charge is 0.163 e. The van der Waals surface area contributed by atoms with Gasteiger partial charge in [0.2, 0.25) is 0 Å². The lowest BCUT2D eigenvalue weighted by atomic mass is 9.69. The first-order chi connectivity index (χ1) is 20.6. The Morgan fingerprint density at radius 2 is 1.24 bits per heavy atom. The predicted octanol–water partition coefficient (Wildman–Crippen LogP) is 10.3. The number of nitrogens with zero attached hydrogens (tertiary/aromatic N) is 3. The molecule has 0 amide bonds. The van der Waals surface area contributed by atoms with Gasteiger partial charge in [-0.1, -0.05) is 98.6 Å². The van der Waals surface area contributed by atoms with Gasteiger partial charge in [-0.3, -0.25) is 0 Å². The molecule has 5 aromatic carbocycles. The first-order valence-electron chi connectivity index (χ1n) is 15.2. The molecule has 2 fully saturated rings. The molecule has 2 aliphatic carbocycles. The maximum Gasteiger partial charge on any atom is 0.163 e. The van der Waals surface area contributed by atoms with Crippen LogP contribution < -0.4 is 0 Å². The molecule has 0 aliphatic heterocycles. The Morgan fingerprint density at radius 3 is 1.98 bits per heavy atom. The summed E-state index contributed by atoms with van der Waals surface area (Å²) in [6.45, 7) is 2.40. The van der Waals surface area contributed by atoms with Crippen LogP contribution in [0.25, 0.3) is 64.5 Å². The molecule has 42 heavy (non-hydrogen) atoms. The average Bonchev–Trinajstić information content (AvgIpc) is 3.60. The van der Waals surface area contributed by atoms with E-state index in [9.17, 15) is 0 Å². The highest BCUT2D eigenvalue weighted by atomic mass is 32.1. The number of thiophene rings is 1. The molecule has 2 unspecified atom stereocenters. The van der Waals surface area contributed by atoms with Crippen molar-refractivity contribution in [3.05, 3.63) is 103 Å². The second-order valence-corrected chi connectivity index (χ2v) is 13.8. The zero-order valence-electron chi connectivity index (χ0n) is 23.7. The summed E-state index contributed by atoms with van der Waals surface area (Å²) in [5.74, 6) is 4.12. The van der Waals surface area contributed by atoms with Crippen LogP contribution in [0.15, 0.2) is 97.1 Å². The fourth-order valence-electron chi connectivity index (χ4n) is 8.13. The molecule has 3 nitrogen and oxygen atoms in total. The van der Waals surface area contributed by atoms with Crippen molar-refractivity contribution in [3.8, 4) is 22.8 Å². The van der Waals surface area contributed by atoms with Crippen molar-refractivity contribution in [3.63, 3.8) is 0 Å². The van der Waals surface area contributed by atoms with Gasteiger partial charge < -0.3 is 0 Å². The number of hydrogen-bond acceptors (Lipinski definition) is 4. The fraction of sp³-hybridized carbons (Fsp3) is 0.237. The molecule has 0 radical (unpaired) electrons. The summed E-state index contributed by atoms with van der Waals surface area (Å²) in [6.07, 6.45) is 6.44. The third kappa shape index (κ3) is 3.74. The van der Waals surface area contributed by atoms with Crippen LogP contribution in [0.2, 0.25) is 0 Å². The largest absolute Gasteiger partial charge is 0.212 e. The zero-order valence-corrected chi connectivity index (χ0v) is 24.5. The number of fused-ring (bicyclic) bond motifs is 10. The van der Waals surface area contributed by atoms with Gasteiger partial charge in [0.15, 0.2) is 11.6 Å². The Labute approximate surface area is 249 Å². The minimum absolute atomic E-state index is 0.0143. The standard InChI is InChI=1S/C38H31N3S/c1-38(21-23-15-16-24(19-23)22-38)37-40-35(25-9-3-2-4-10-25)39-36(41-37)26-17-18-32-31(20-26)33-29-13-7-5-11-27(29)28-12-6-8-14-30(28)34(33)42-32/h2-14,17-18,20,23-24H,15-16,19,21-22H2,1H3/t23-,24?,38?/m0/s1. The summed E-state index contributed by atoms with van der Waals surface area (Å²) in [4.78, 5) is 15.6. The summed E-state index contributed by atoms with van der Waals surface area (Å²) in [5, 5.41) is 7.86. The number of aromatic nitrogens is 3. The Balaban J connectivity index is 1.28. The van der Waals surface area contributed by atoms with E-state index < -0.39 is 0 Å². The topological polar surface area (TPSA) is 38.7 Å². The highest BCUT2D eigenvalue weighted by molar-refractivity contribution is 7.27. The van der Waals surface area contributed by atoms with E-state index in [1.165, 1.54) is 73.8 Å². The average molecular weight is 562 g/mol. The van der Waals surface area contributed by atoms with E-state index in [-0.39, 0.29) is 5.41 Å². The van der Waals surface area contributed by atoms with Crippen LogP contribution in [0.1, 0.15) is 44.9 Å². The molecule has 9 rings (SSSR count). The highest BCUT2D eigenvalue weighted by Gasteiger charge is 2.44. The van der Waals surface area contributed by atoms with Crippen molar-refractivity contribution in [2.75, 3.05) is 0 Å². The molecular formula is C38H31N3S. The van der Waals surface area contributed by atoms with Crippen molar-refractivity contribution >= 4 is 53.1 Å². The lowest BCUT2D eigenvalue weighted by Crippen LogP contribution is -2.33. The summed E-state index contributed by atoms with van der Waals surface area (Å²) >= 11 is 1.89. The molecule has 2 bridgehead atoms. The van der Waals surface area contributed by atoms with Crippen molar-refractivity contribution in [1.82, 2.24) is 15.0 Å². The van der Waals surface area contributed by atoms with E-state index in [0.29, 0.717) is 0 Å². The van der Waals surface area contributed by atoms with Gasteiger partial charge in [0.05, 0.1) is 0 Å². The number of hydrogen-bond donors (Lipinski definition) is 0. The van der Waals surface area contributed by atoms with Crippen LogP contribution in [0.5, 0.6) is 0 Å². The molecule has 4 heteroatoms. The minimum atomic E-state index is -0.0143. The first-order valence-corrected chi connectivity index (χ1v) is 16.0. The van der Waals surface area contributed by atoms with Gasteiger partial charge >= 0.3 is 0 Å². The highest BCUT2D eigenvalue weighted by Crippen LogP contribution is 2.51. The second kappa shape index (κ2) is 9.17. The van der Waals surface area contributed by atoms with Crippen LogP contribution >= 0.6 is 11.3 Å². The van der Waals surface area contributed by atoms with Crippen molar-refractivity contribution < 1.29 is 0 Å². The summed E-state index contributed by atoms with van der Waals surface area (Å²) in [7, 11) is 0. The van der Waals surface area contributed by atoms with Gasteiger partial charge in [-0.25, -0.2) is 15.0 Å². The number of benzene rings is 5.